The zero-order valence-corrected chi connectivity index (χ0v) is 12.4. The summed E-state index contributed by atoms with van der Waals surface area (Å²) in [6.45, 7) is -0.180. The molecule has 0 aliphatic heterocycles. The van der Waals surface area contributed by atoms with Crippen LogP contribution in [0.5, 0.6) is 5.75 Å². The normalized spacial score (nSPS) is 16.8. The fourth-order valence-corrected chi connectivity index (χ4v) is 2.09. The Labute approximate surface area is 133 Å². The summed E-state index contributed by atoms with van der Waals surface area (Å²) >= 11 is 0. The van der Waals surface area contributed by atoms with Gasteiger partial charge in [-0.25, -0.2) is 0 Å². The van der Waals surface area contributed by atoms with E-state index >= 15 is 0 Å². The molecule has 0 spiro atoms. The van der Waals surface area contributed by atoms with Crippen LogP contribution in [0.4, 0.5) is 26.3 Å². The van der Waals surface area contributed by atoms with Gasteiger partial charge in [-0.3, -0.25) is 4.79 Å². The van der Waals surface area contributed by atoms with Crippen LogP contribution in [0.15, 0.2) is 18.2 Å². The van der Waals surface area contributed by atoms with Gasteiger partial charge in [0.1, 0.15) is 5.75 Å². The number of carbonyl (C=O) groups is 1. The quantitative estimate of drug-likeness (QED) is 0.621. The summed E-state index contributed by atoms with van der Waals surface area (Å²) in [6.07, 6.45) is -8.43. The van der Waals surface area contributed by atoms with Crippen molar-refractivity contribution in [3.63, 3.8) is 0 Å². The predicted octanol–water partition coefficient (Wildman–Crippen LogP) is 3.94. The van der Waals surface area contributed by atoms with Crippen LogP contribution in [0.2, 0.25) is 0 Å². The minimum Gasteiger partial charge on any atom is -0.494 e. The van der Waals surface area contributed by atoms with Gasteiger partial charge in [0, 0.05) is 6.42 Å². The number of alkyl halides is 6. The van der Waals surface area contributed by atoms with Crippen molar-refractivity contribution in [2.24, 2.45) is 5.73 Å². The Morgan fingerprint density at radius 3 is 1.96 bits per heavy atom. The number of rotatable bonds is 6. The first-order chi connectivity index (χ1) is 10.9. The third-order valence-electron chi connectivity index (χ3n) is 3.72. The SMILES string of the molecule is NC1(C(=O)CCCOc2cc(C(F)(F)F)cc(C(F)(F)F)c2)CC1. The lowest BCUT2D eigenvalue weighted by Gasteiger charge is -2.15. The zero-order valence-electron chi connectivity index (χ0n) is 12.4. The lowest BCUT2D eigenvalue weighted by molar-refractivity contribution is -0.143. The molecule has 0 unspecified atom stereocenters. The van der Waals surface area contributed by atoms with E-state index < -0.39 is 34.8 Å². The minimum atomic E-state index is -4.92. The first kappa shape index (κ1) is 18.6. The van der Waals surface area contributed by atoms with Gasteiger partial charge in [-0.2, -0.15) is 26.3 Å². The van der Waals surface area contributed by atoms with Crippen molar-refractivity contribution in [1.82, 2.24) is 0 Å². The average molecular weight is 355 g/mol. The molecule has 2 N–H and O–H groups in total. The summed E-state index contributed by atoms with van der Waals surface area (Å²) in [6, 6.07) is 1.03. The van der Waals surface area contributed by atoms with Crippen molar-refractivity contribution >= 4 is 5.78 Å². The van der Waals surface area contributed by atoms with Crippen LogP contribution >= 0.6 is 0 Å². The standard InChI is InChI=1S/C15H15F6NO2/c16-14(17,18)9-6-10(15(19,20)21)8-11(7-9)24-5-1-2-12(23)13(22)3-4-13/h6-8H,1-5,22H2. The Morgan fingerprint density at radius 1 is 1.04 bits per heavy atom. The van der Waals surface area contributed by atoms with Crippen LogP contribution in [0, 0.1) is 0 Å². The summed E-state index contributed by atoms with van der Waals surface area (Å²) in [5, 5.41) is 0. The maximum atomic E-state index is 12.7. The summed E-state index contributed by atoms with van der Waals surface area (Å²) < 4.78 is 81.1. The number of hydrogen-bond acceptors (Lipinski definition) is 3. The van der Waals surface area contributed by atoms with Gasteiger partial charge in [-0.05, 0) is 37.5 Å². The Hall–Kier alpha value is -1.77. The minimum absolute atomic E-state index is 0.0294. The number of carbonyl (C=O) groups excluding carboxylic acids is 1. The molecular formula is C15H15F6NO2. The highest BCUT2D eigenvalue weighted by Gasteiger charge is 2.44. The molecule has 0 bridgehead atoms. The number of hydrogen-bond donors (Lipinski definition) is 1. The molecule has 0 atom stereocenters. The van der Waals surface area contributed by atoms with Crippen LogP contribution in [-0.2, 0) is 17.1 Å². The molecule has 0 aromatic heterocycles. The third-order valence-corrected chi connectivity index (χ3v) is 3.72. The van der Waals surface area contributed by atoms with E-state index in [0.717, 1.165) is 0 Å². The maximum Gasteiger partial charge on any atom is 0.416 e. The molecule has 1 aromatic carbocycles. The first-order valence-electron chi connectivity index (χ1n) is 7.16. The molecule has 0 saturated heterocycles. The third kappa shape index (κ3) is 4.62. The molecule has 9 heteroatoms. The van der Waals surface area contributed by atoms with Gasteiger partial charge in [0.25, 0.3) is 0 Å². The van der Waals surface area contributed by atoms with Gasteiger partial charge >= 0.3 is 12.4 Å². The Kier molecular flexibility index (Phi) is 4.85. The summed E-state index contributed by atoms with van der Waals surface area (Å²) in [5.41, 5.74) is 1.99. The summed E-state index contributed by atoms with van der Waals surface area (Å²) in [5.74, 6) is -0.718. The maximum absolute atomic E-state index is 12.7. The van der Waals surface area contributed by atoms with Gasteiger partial charge < -0.3 is 10.5 Å². The van der Waals surface area contributed by atoms with Crippen LogP contribution in [-0.4, -0.2) is 17.9 Å². The second-order valence-electron chi connectivity index (χ2n) is 5.77. The van der Waals surface area contributed by atoms with Crippen LogP contribution < -0.4 is 10.5 Å². The van der Waals surface area contributed by atoms with Crippen molar-refractivity contribution < 1.29 is 35.9 Å². The number of nitrogens with two attached hydrogens (primary N) is 1. The molecule has 0 heterocycles. The van der Waals surface area contributed by atoms with E-state index in [4.69, 9.17) is 10.5 Å². The summed E-state index contributed by atoms with van der Waals surface area (Å²) in [7, 11) is 0. The van der Waals surface area contributed by atoms with Crippen LogP contribution in [0.25, 0.3) is 0 Å². The smallest absolute Gasteiger partial charge is 0.416 e. The van der Waals surface area contributed by atoms with Gasteiger partial charge in [0.05, 0.1) is 23.3 Å². The highest BCUT2D eigenvalue weighted by Crippen LogP contribution is 2.38. The molecule has 134 valence electrons. The van der Waals surface area contributed by atoms with Crippen LogP contribution in [0.3, 0.4) is 0 Å². The van der Waals surface area contributed by atoms with Crippen molar-refractivity contribution in [2.75, 3.05) is 6.61 Å². The van der Waals surface area contributed by atoms with Crippen molar-refractivity contribution in [1.29, 1.82) is 0 Å². The second-order valence-corrected chi connectivity index (χ2v) is 5.77. The van der Waals surface area contributed by atoms with Crippen LogP contribution in [0.1, 0.15) is 36.8 Å². The highest BCUT2D eigenvalue weighted by atomic mass is 19.4. The van der Waals surface area contributed by atoms with Crippen molar-refractivity contribution in [2.45, 2.75) is 43.6 Å². The van der Waals surface area contributed by atoms with Gasteiger partial charge in [-0.1, -0.05) is 0 Å². The molecule has 0 amide bonds. The number of ether oxygens (including phenoxy) is 1. The Bertz CT molecular complexity index is 587. The average Bonchev–Trinajstić information content (AvgIpc) is 3.20. The molecule has 0 radical (unpaired) electrons. The van der Waals surface area contributed by atoms with Gasteiger partial charge in [0.2, 0.25) is 0 Å². The Balaban J connectivity index is 2.02. The Morgan fingerprint density at radius 2 is 1.54 bits per heavy atom. The highest BCUT2D eigenvalue weighted by molar-refractivity contribution is 5.90. The molecule has 3 nitrogen and oxygen atoms in total. The monoisotopic (exact) mass is 355 g/mol. The van der Waals surface area contributed by atoms with Crippen molar-refractivity contribution in [3.05, 3.63) is 29.3 Å². The van der Waals surface area contributed by atoms with E-state index in [2.05, 4.69) is 0 Å². The topological polar surface area (TPSA) is 52.3 Å². The van der Waals surface area contributed by atoms with E-state index in [1.54, 1.807) is 0 Å². The molecular weight excluding hydrogens is 340 g/mol. The molecule has 24 heavy (non-hydrogen) atoms. The number of ketones is 1. The lowest BCUT2D eigenvalue weighted by Crippen LogP contribution is -2.32. The summed E-state index contributed by atoms with van der Waals surface area (Å²) in [4.78, 5) is 11.6. The van der Waals surface area contributed by atoms with E-state index in [1.807, 2.05) is 0 Å². The number of Topliss-reactive ketones (excluding diaryl/α,β-unsaturated/α-hetero) is 1. The number of benzene rings is 1. The zero-order chi connectivity index (χ0) is 18.2. The molecule has 2 rings (SSSR count). The van der Waals surface area contributed by atoms with Gasteiger partial charge in [-0.15, -0.1) is 0 Å². The van der Waals surface area contributed by atoms with E-state index in [9.17, 15) is 31.1 Å². The second kappa shape index (κ2) is 6.27. The van der Waals surface area contributed by atoms with E-state index in [0.29, 0.717) is 25.0 Å². The van der Waals surface area contributed by atoms with Crippen molar-refractivity contribution in [3.8, 4) is 5.75 Å². The number of halogens is 6. The van der Waals surface area contributed by atoms with Gasteiger partial charge in [0.15, 0.2) is 5.78 Å². The van der Waals surface area contributed by atoms with E-state index in [-0.39, 0.29) is 31.3 Å². The molecule has 1 aromatic rings. The fourth-order valence-electron chi connectivity index (χ4n) is 2.09. The fraction of sp³-hybridized carbons (Fsp3) is 0.533. The lowest BCUT2D eigenvalue weighted by atomic mass is 10.1. The molecule has 1 fully saturated rings. The first-order valence-corrected chi connectivity index (χ1v) is 7.16. The molecule has 1 saturated carbocycles. The molecule has 1 aliphatic rings. The van der Waals surface area contributed by atoms with E-state index in [1.165, 1.54) is 0 Å². The largest absolute Gasteiger partial charge is 0.494 e. The molecule has 1 aliphatic carbocycles. The predicted molar refractivity (Wildman–Crippen MR) is 72.3 cm³/mol.